The van der Waals surface area contributed by atoms with Gasteiger partial charge in [0.2, 0.25) is 0 Å². The Labute approximate surface area is 236 Å². The number of carbonyl (C=O) groups is 1. The smallest absolute Gasteiger partial charge is 0.342 e. The zero-order valence-electron chi connectivity index (χ0n) is 23.3. The Bertz CT molecular complexity index is 1550. The molecule has 2 aliphatic rings. The first kappa shape index (κ1) is 25.9. The number of carbonyl (C=O) groups excluding carboxylic acids is 1. The Morgan fingerprint density at radius 2 is 1.73 bits per heavy atom. The molecule has 0 bridgehead atoms. The molecule has 4 aromatic rings. The van der Waals surface area contributed by atoms with Gasteiger partial charge in [-0.2, -0.15) is 0 Å². The molecule has 0 spiro atoms. The summed E-state index contributed by atoms with van der Waals surface area (Å²) >= 11 is 0. The number of aromatic nitrogens is 1. The summed E-state index contributed by atoms with van der Waals surface area (Å²) in [5.41, 5.74) is 6.43. The van der Waals surface area contributed by atoms with Crippen LogP contribution in [0.15, 0.2) is 91.1 Å². The fourth-order valence-corrected chi connectivity index (χ4v) is 5.52. The number of ether oxygens (including phenoxy) is 2. The van der Waals surface area contributed by atoms with Crippen molar-refractivity contribution in [2.24, 2.45) is 0 Å². The quantitative estimate of drug-likeness (QED) is 0.234. The number of allylic oxidation sites excluding steroid dienone is 1. The summed E-state index contributed by atoms with van der Waals surface area (Å²) in [7, 11) is 0. The normalized spacial score (nSPS) is 16.2. The summed E-state index contributed by atoms with van der Waals surface area (Å²) in [4.78, 5) is 20.1. The van der Waals surface area contributed by atoms with E-state index in [9.17, 15) is 4.79 Å². The number of hydrogen-bond acceptors (Lipinski definition) is 5. The monoisotopic (exact) mass is 530 g/mol. The molecule has 0 saturated carbocycles. The highest BCUT2D eigenvalue weighted by atomic mass is 16.6. The van der Waals surface area contributed by atoms with E-state index < -0.39 is 11.6 Å². The number of hydrogen-bond donors (Lipinski definition) is 0. The van der Waals surface area contributed by atoms with Crippen molar-refractivity contribution >= 4 is 17.7 Å². The molecule has 40 heavy (non-hydrogen) atoms. The largest absolute Gasteiger partial charge is 0.456 e. The maximum absolute atomic E-state index is 13.1. The summed E-state index contributed by atoms with van der Waals surface area (Å²) in [5.74, 6) is 0.617. The number of esters is 1. The van der Waals surface area contributed by atoms with Crippen LogP contribution in [0.5, 0.6) is 11.5 Å². The Balaban J connectivity index is 1.30. The molecule has 1 atom stereocenters. The first-order chi connectivity index (χ1) is 19.3. The molecule has 1 aliphatic heterocycles. The first-order valence-corrected chi connectivity index (χ1v) is 14.0. The molecule has 0 amide bonds. The van der Waals surface area contributed by atoms with Gasteiger partial charge in [0.1, 0.15) is 22.7 Å². The maximum atomic E-state index is 13.1. The van der Waals surface area contributed by atoms with Gasteiger partial charge in [0.15, 0.2) is 0 Å². The molecule has 0 N–H and O–H groups in total. The number of rotatable bonds is 6. The molecule has 5 nitrogen and oxygen atoms in total. The van der Waals surface area contributed by atoms with Crippen molar-refractivity contribution < 1.29 is 14.3 Å². The zero-order valence-corrected chi connectivity index (χ0v) is 23.3. The van der Waals surface area contributed by atoms with Gasteiger partial charge in [0.05, 0.1) is 17.9 Å². The predicted octanol–water partition coefficient (Wildman–Crippen LogP) is 8.41. The van der Waals surface area contributed by atoms with Gasteiger partial charge in [-0.1, -0.05) is 60.7 Å². The average molecular weight is 531 g/mol. The molecule has 3 aromatic carbocycles. The van der Waals surface area contributed by atoms with Crippen LogP contribution in [0.2, 0.25) is 0 Å². The highest BCUT2D eigenvalue weighted by Gasteiger charge is 2.26. The molecule has 1 unspecified atom stereocenters. The van der Waals surface area contributed by atoms with Crippen LogP contribution in [0, 0.1) is 0 Å². The minimum absolute atomic E-state index is 0.383. The number of benzene rings is 3. The molecule has 1 fully saturated rings. The molecular weight excluding hydrogens is 496 g/mol. The number of anilines is 1. The van der Waals surface area contributed by atoms with Crippen LogP contribution >= 0.6 is 0 Å². The third-order valence-electron chi connectivity index (χ3n) is 7.38. The fourth-order valence-electron chi connectivity index (χ4n) is 5.52. The van der Waals surface area contributed by atoms with E-state index in [2.05, 4.69) is 70.6 Å². The third-order valence-corrected chi connectivity index (χ3v) is 7.38. The van der Waals surface area contributed by atoms with Gasteiger partial charge in [-0.25, -0.2) is 4.79 Å². The van der Waals surface area contributed by atoms with Crippen molar-refractivity contribution in [1.82, 2.24) is 4.98 Å². The van der Waals surface area contributed by atoms with Crippen LogP contribution in [-0.4, -0.2) is 23.1 Å². The van der Waals surface area contributed by atoms with Crippen LogP contribution in [-0.2, 0) is 11.2 Å². The molecule has 1 saturated heterocycles. The van der Waals surface area contributed by atoms with Crippen molar-refractivity contribution in [3.05, 3.63) is 114 Å². The van der Waals surface area contributed by atoms with Crippen molar-refractivity contribution in [3.63, 3.8) is 0 Å². The van der Waals surface area contributed by atoms with Gasteiger partial charge >= 0.3 is 5.97 Å². The van der Waals surface area contributed by atoms with Gasteiger partial charge in [0, 0.05) is 18.7 Å². The Kier molecular flexibility index (Phi) is 6.89. The molecule has 0 radical (unpaired) electrons. The second kappa shape index (κ2) is 10.6. The van der Waals surface area contributed by atoms with E-state index in [0.29, 0.717) is 23.1 Å². The van der Waals surface area contributed by atoms with Crippen LogP contribution in [0.25, 0.3) is 17.2 Å². The molecule has 5 heteroatoms. The average Bonchev–Trinajstić information content (AvgIpc) is 3.62. The van der Waals surface area contributed by atoms with Crippen LogP contribution in [0.4, 0.5) is 5.69 Å². The SMILES string of the molecule is CC(C)(C)OC(=O)c1ccc(-c2ccc(N3CCCC3c3ccccc3)cc2)cc1Oc1cnc2c(c1)C=CC2. The first-order valence-electron chi connectivity index (χ1n) is 14.0. The maximum Gasteiger partial charge on any atom is 0.342 e. The van der Waals surface area contributed by atoms with E-state index in [1.54, 1.807) is 12.3 Å². The van der Waals surface area contributed by atoms with E-state index in [-0.39, 0.29) is 0 Å². The van der Waals surface area contributed by atoms with E-state index in [1.165, 1.54) is 17.7 Å². The highest BCUT2D eigenvalue weighted by molar-refractivity contribution is 5.94. The lowest BCUT2D eigenvalue weighted by Gasteiger charge is -2.27. The summed E-state index contributed by atoms with van der Waals surface area (Å²) < 4.78 is 12.0. The van der Waals surface area contributed by atoms with Crippen molar-refractivity contribution in [3.8, 4) is 22.6 Å². The Morgan fingerprint density at radius 3 is 2.50 bits per heavy atom. The summed E-state index contributed by atoms with van der Waals surface area (Å²) in [6, 6.07) is 27.4. The summed E-state index contributed by atoms with van der Waals surface area (Å²) in [6.45, 7) is 6.63. The summed E-state index contributed by atoms with van der Waals surface area (Å²) in [5, 5.41) is 0. The minimum Gasteiger partial charge on any atom is -0.456 e. The molecule has 1 aromatic heterocycles. The van der Waals surface area contributed by atoms with E-state index in [4.69, 9.17) is 9.47 Å². The van der Waals surface area contributed by atoms with E-state index in [0.717, 1.165) is 41.8 Å². The van der Waals surface area contributed by atoms with Gasteiger partial charge in [-0.05, 0) is 86.2 Å². The molecule has 202 valence electrons. The number of nitrogens with zero attached hydrogens (tertiary/aromatic N) is 2. The number of fused-ring (bicyclic) bond motifs is 1. The van der Waals surface area contributed by atoms with E-state index in [1.807, 2.05) is 45.0 Å². The topological polar surface area (TPSA) is 51.7 Å². The Morgan fingerprint density at radius 1 is 0.950 bits per heavy atom. The third kappa shape index (κ3) is 5.50. The lowest BCUT2D eigenvalue weighted by Crippen LogP contribution is -2.24. The lowest BCUT2D eigenvalue weighted by atomic mass is 10.0. The molecular formula is C35H34N2O3. The van der Waals surface area contributed by atoms with Crippen LogP contribution in [0.1, 0.15) is 66.8 Å². The second-order valence-electron chi connectivity index (χ2n) is 11.4. The van der Waals surface area contributed by atoms with Crippen molar-refractivity contribution in [1.29, 1.82) is 0 Å². The van der Waals surface area contributed by atoms with Crippen molar-refractivity contribution in [2.45, 2.75) is 51.7 Å². The number of pyridine rings is 1. The summed E-state index contributed by atoms with van der Waals surface area (Å²) in [6.07, 6.45) is 9.01. The second-order valence-corrected chi connectivity index (χ2v) is 11.4. The predicted molar refractivity (Wildman–Crippen MR) is 160 cm³/mol. The van der Waals surface area contributed by atoms with Gasteiger partial charge in [-0.3, -0.25) is 4.98 Å². The van der Waals surface area contributed by atoms with Crippen LogP contribution < -0.4 is 9.64 Å². The van der Waals surface area contributed by atoms with E-state index >= 15 is 0 Å². The minimum atomic E-state index is -0.615. The fraction of sp³-hybridized carbons (Fsp3) is 0.257. The highest BCUT2D eigenvalue weighted by Crippen LogP contribution is 2.38. The van der Waals surface area contributed by atoms with Crippen LogP contribution in [0.3, 0.4) is 0 Å². The van der Waals surface area contributed by atoms with Crippen molar-refractivity contribution in [2.75, 3.05) is 11.4 Å². The molecule has 1 aliphatic carbocycles. The Hall–Kier alpha value is -4.38. The lowest BCUT2D eigenvalue weighted by molar-refractivity contribution is 0.00672. The molecule has 6 rings (SSSR count). The van der Waals surface area contributed by atoms with Gasteiger partial charge < -0.3 is 14.4 Å². The standard InChI is InChI=1S/C35H34N2O3/c1-35(2,3)40-34(38)30-19-16-26(22-33(30)39-29-21-27-11-7-12-31(27)36-23-29)24-14-17-28(18-15-24)37-20-8-13-32(37)25-9-5-4-6-10-25/h4-7,9-11,14-19,21-23,32H,8,12-13,20H2,1-3H3. The molecule has 2 heterocycles. The van der Waals surface area contributed by atoms with Gasteiger partial charge in [-0.15, -0.1) is 0 Å². The van der Waals surface area contributed by atoms with Gasteiger partial charge in [0.25, 0.3) is 0 Å². The zero-order chi connectivity index (χ0) is 27.7.